The van der Waals surface area contributed by atoms with Crippen molar-refractivity contribution in [2.45, 2.75) is 12.5 Å². The predicted molar refractivity (Wildman–Crippen MR) is 61.5 cm³/mol. The summed E-state index contributed by atoms with van der Waals surface area (Å²) in [6.45, 7) is 0. The normalized spacial score (nSPS) is 12.7. The second-order valence-electron chi connectivity index (χ2n) is 3.36. The van der Waals surface area contributed by atoms with Crippen molar-refractivity contribution in [3.05, 3.63) is 58.5 Å². The van der Waals surface area contributed by atoms with Crippen molar-refractivity contribution in [1.29, 1.82) is 0 Å². The van der Waals surface area contributed by atoms with Gasteiger partial charge in [-0.25, -0.2) is 0 Å². The monoisotopic (exact) mass is 266 g/mol. The number of hydrogen-bond donors (Lipinski definition) is 1. The Balaban J connectivity index is 2.11. The van der Waals surface area contributed by atoms with Crippen molar-refractivity contribution >= 4 is 15.9 Å². The fourth-order valence-electron chi connectivity index (χ4n) is 1.49. The molecule has 0 radical (unpaired) electrons. The quantitative estimate of drug-likeness (QED) is 0.925. The van der Waals surface area contributed by atoms with Crippen LogP contribution in [0.4, 0.5) is 0 Å². The molecule has 0 aliphatic carbocycles. The molecule has 15 heavy (non-hydrogen) atoms. The predicted octanol–water partition coefficient (Wildman–Crippen LogP) is 3.32. The van der Waals surface area contributed by atoms with Crippen molar-refractivity contribution in [1.82, 2.24) is 0 Å². The number of halogens is 1. The number of aliphatic hydroxyl groups is 1. The molecule has 1 N–H and O–H groups in total. The smallest absolute Gasteiger partial charge is 0.174 e. The second kappa shape index (κ2) is 4.64. The van der Waals surface area contributed by atoms with Crippen LogP contribution in [0.15, 0.2) is 51.7 Å². The molecular weight excluding hydrogens is 256 g/mol. The molecule has 1 aromatic heterocycles. The van der Waals surface area contributed by atoms with Crippen LogP contribution in [0.1, 0.15) is 17.2 Å². The van der Waals surface area contributed by atoms with E-state index in [1.54, 1.807) is 12.3 Å². The minimum Gasteiger partial charge on any atom is -0.457 e. The van der Waals surface area contributed by atoms with E-state index in [9.17, 15) is 5.11 Å². The fraction of sp³-hybridized carbons (Fsp3) is 0.167. The Kier molecular flexibility index (Phi) is 3.23. The van der Waals surface area contributed by atoms with Gasteiger partial charge in [0.05, 0.1) is 12.4 Å². The molecule has 0 amide bonds. The van der Waals surface area contributed by atoms with E-state index in [0.29, 0.717) is 11.1 Å². The van der Waals surface area contributed by atoms with Crippen LogP contribution in [-0.2, 0) is 6.42 Å². The van der Waals surface area contributed by atoms with E-state index in [0.717, 1.165) is 11.1 Å². The second-order valence-corrected chi connectivity index (χ2v) is 4.08. The Morgan fingerprint density at radius 1 is 1.20 bits per heavy atom. The fourth-order valence-corrected chi connectivity index (χ4v) is 1.99. The van der Waals surface area contributed by atoms with Gasteiger partial charge in [0.1, 0.15) is 0 Å². The molecule has 0 spiro atoms. The highest BCUT2D eigenvalue weighted by Gasteiger charge is 2.13. The Morgan fingerprint density at radius 2 is 1.93 bits per heavy atom. The summed E-state index contributed by atoms with van der Waals surface area (Å²) in [7, 11) is 0. The molecular formula is C12H11BrO2. The van der Waals surface area contributed by atoms with Gasteiger partial charge >= 0.3 is 0 Å². The highest BCUT2D eigenvalue weighted by Crippen LogP contribution is 2.26. The summed E-state index contributed by atoms with van der Waals surface area (Å²) >= 11 is 3.25. The van der Waals surface area contributed by atoms with Gasteiger partial charge in [0.2, 0.25) is 0 Å². The van der Waals surface area contributed by atoms with E-state index in [4.69, 9.17) is 4.42 Å². The van der Waals surface area contributed by atoms with Gasteiger partial charge < -0.3 is 9.52 Å². The van der Waals surface area contributed by atoms with Crippen molar-refractivity contribution in [3.63, 3.8) is 0 Å². The summed E-state index contributed by atoms with van der Waals surface area (Å²) in [5, 5.41) is 9.95. The molecule has 1 heterocycles. The third-order valence-electron chi connectivity index (χ3n) is 2.28. The first kappa shape index (κ1) is 10.5. The van der Waals surface area contributed by atoms with Gasteiger partial charge in [-0.05, 0) is 27.6 Å². The molecule has 78 valence electrons. The summed E-state index contributed by atoms with van der Waals surface area (Å²) in [5.74, 6) is 0. The molecule has 0 saturated heterocycles. The van der Waals surface area contributed by atoms with Crippen LogP contribution in [0, 0.1) is 0 Å². The van der Waals surface area contributed by atoms with Crippen LogP contribution in [0.3, 0.4) is 0 Å². The maximum absolute atomic E-state index is 9.95. The van der Waals surface area contributed by atoms with Gasteiger partial charge in [-0.2, -0.15) is 0 Å². The molecule has 3 heteroatoms. The number of aliphatic hydroxyl groups excluding tert-OH is 1. The first-order valence-electron chi connectivity index (χ1n) is 4.72. The average Bonchev–Trinajstić information content (AvgIpc) is 2.66. The minimum absolute atomic E-state index is 0.527. The first-order valence-corrected chi connectivity index (χ1v) is 5.51. The number of hydrogen-bond acceptors (Lipinski definition) is 2. The van der Waals surface area contributed by atoms with Crippen molar-refractivity contribution < 1.29 is 9.52 Å². The van der Waals surface area contributed by atoms with Crippen molar-refractivity contribution in [2.75, 3.05) is 0 Å². The molecule has 2 rings (SSSR count). The molecule has 1 unspecified atom stereocenters. The van der Waals surface area contributed by atoms with Crippen LogP contribution in [0.2, 0.25) is 0 Å². The molecule has 1 aromatic carbocycles. The zero-order valence-corrected chi connectivity index (χ0v) is 9.65. The third-order valence-corrected chi connectivity index (χ3v) is 2.92. The average molecular weight is 267 g/mol. The molecule has 0 saturated carbocycles. The van der Waals surface area contributed by atoms with Crippen LogP contribution in [-0.4, -0.2) is 5.11 Å². The Labute approximate surface area is 96.7 Å². The number of rotatable bonds is 3. The van der Waals surface area contributed by atoms with Gasteiger partial charge in [0, 0.05) is 12.0 Å². The third kappa shape index (κ3) is 2.49. The largest absolute Gasteiger partial charge is 0.457 e. The zero-order valence-electron chi connectivity index (χ0n) is 8.06. The van der Waals surface area contributed by atoms with Gasteiger partial charge in [0.15, 0.2) is 4.67 Å². The summed E-state index contributed by atoms with van der Waals surface area (Å²) in [5.41, 5.74) is 1.90. The van der Waals surface area contributed by atoms with Crippen LogP contribution in [0.5, 0.6) is 0 Å². The Morgan fingerprint density at radius 3 is 2.53 bits per heavy atom. The first-order chi connectivity index (χ1) is 7.27. The molecule has 0 aliphatic heterocycles. The minimum atomic E-state index is -0.527. The van der Waals surface area contributed by atoms with E-state index in [2.05, 4.69) is 15.9 Å². The van der Waals surface area contributed by atoms with Crippen LogP contribution < -0.4 is 0 Å². The highest BCUT2D eigenvalue weighted by atomic mass is 79.9. The molecule has 2 aromatic rings. The Hall–Kier alpha value is -1.06. The van der Waals surface area contributed by atoms with E-state index < -0.39 is 6.10 Å². The lowest BCUT2D eigenvalue weighted by molar-refractivity contribution is 0.176. The lowest BCUT2D eigenvalue weighted by atomic mass is 10.0. The standard InChI is InChI=1S/C12H11BrO2/c13-12-10(6-7-15-12)11(14)8-9-4-2-1-3-5-9/h1-7,11,14H,8H2. The lowest BCUT2D eigenvalue weighted by Gasteiger charge is -2.08. The Bertz CT molecular complexity index is 422. The van der Waals surface area contributed by atoms with Crippen LogP contribution >= 0.6 is 15.9 Å². The van der Waals surface area contributed by atoms with Gasteiger partial charge in [-0.15, -0.1) is 0 Å². The number of benzene rings is 1. The number of furan rings is 1. The topological polar surface area (TPSA) is 33.4 Å². The summed E-state index contributed by atoms with van der Waals surface area (Å²) in [4.78, 5) is 0. The summed E-state index contributed by atoms with van der Waals surface area (Å²) in [6.07, 6.45) is 1.63. The van der Waals surface area contributed by atoms with E-state index in [-0.39, 0.29) is 0 Å². The molecule has 1 atom stereocenters. The van der Waals surface area contributed by atoms with Gasteiger partial charge in [0.25, 0.3) is 0 Å². The zero-order chi connectivity index (χ0) is 10.7. The molecule has 0 bridgehead atoms. The molecule has 2 nitrogen and oxygen atoms in total. The maximum Gasteiger partial charge on any atom is 0.174 e. The lowest BCUT2D eigenvalue weighted by Crippen LogP contribution is -2.00. The van der Waals surface area contributed by atoms with Crippen molar-refractivity contribution in [2.24, 2.45) is 0 Å². The van der Waals surface area contributed by atoms with Crippen molar-refractivity contribution in [3.8, 4) is 0 Å². The van der Waals surface area contributed by atoms with Crippen LogP contribution in [0.25, 0.3) is 0 Å². The maximum atomic E-state index is 9.95. The van der Waals surface area contributed by atoms with Gasteiger partial charge in [-0.1, -0.05) is 30.3 Å². The summed E-state index contributed by atoms with van der Waals surface area (Å²) in [6, 6.07) is 11.7. The molecule has 0 aliphatic rings. The van der Waals surface area contributed by atoms with E-state index in [1.165, 1.54) is 0 Å². The van der Waals surface area contributed by atoms with Gasteiger partial charge in [-0.3, -0.25) is 0 Å². The summed E-state index contributed by atoms with van der Waals surface area (Å²) < 4.78 is 5.68. The van der Waals surface area contributed by atoms with E-state index in [1.807, 2.05) is 30.3 Å². The van der Waals surface area contributed by atoms with E-state index >= 15 is 0 Å². The SMILES string of the molecule is OC(Cc1ccccc1)c1ccoc1Br. The molecule has 0 fully saturated rings. The highest BCUT2D eigenvalue weighted by molar-refractivity contribution is 9.10.